The topological polar surface area (TPSA) is 294 Å². The summed E-state index contributed by atoms with van der Waals surface area (Å²) >= 11 is 0. The molecule has 0 aliphatic carbocycles. The zero-order chi connectivity index (χ0) is 75.6. The fraction of sp³-hybridized carbons (Fsp3) is 0.171. The number of pyridine rings is 12. The Bertz CT molecular complexity index is 4320. The Morgan fingerprint density at radius 3 is 0.911 bits per heavy atom. The minimum absolute atomic E-state index is 0.461. The fourth-order valence-electron chi connectivity index (χ4n) is 12.2. The average Bonchev–Trinajstić information content (AvgIpc) is 0.865. The van der Waals surface area contributed by atoms with Crippen LogP contribution in [0.2, 0.25) is 0 Å². The van der Waals surface area contributed by atoms with Crippen LogP contribution in [-0.2, 0) is 45.8 Å². The molecule has 112 heavy (non-hydrogen) atoms. The van der Waals surface area contributed by atoms with Crippen LogP contribution in [0.3, 0.4) is 0 Å². The van der Waals surface area contributed by atoms with Crippen LogP contribution in [-0.4, -0.2) is 127 Å². The molecule has 7 aliphatic heterocycles. The molecular formula is C82H75N23O7. The summed E-state index contributed by atoms with van der Waals surface area (Å²) in [7, 11) is 0. The van der Waals surface area contributed by atoms with Crippen molar-refractivity contribution in [2.24, 2.45) is 0 Å². The Balaban J connectivity index is 0.000000103. The summed E-state index contributed by atoms with van der Waals surface area (Å²) in [6.45, 7) is 9.12. The third-order valence-corrected chi connectivity index (χ3v) is 17.8. The maximum absolute atomic E-state index is 5.66. The van der Waals surface area contributed by atoms with E-state index in [2.05, 4.69) is 104 Å². The second-order valence-corrected chi connectivity index (χ2v) is 25.2. The van der Waals surface area contributed by atoms with E-state index in [4.69, 9.17) is 33.2 Å². The van der Waals surface area contributed by atoms with Gasteiger partial charge in [0.2, 0.25) is 17.8 Å². The van der Waals surface area contributed by atoms with Gasteiger partial charge in [-0.25, -0.2) is 24.9 Å². The van der Waals surface area contributed by atoms with E-state index in [9.17, 15) is 0 Å². The van der Waals surface area contributed by atoms with Crippen LogP contribution < -0.4 is 67.5 Å². The SMILES string of the molecule is c1cc(N2COc3ccncc3C2)ccn1.c1cnc(N2COc3cccnc3C2)nc1.c1cnc(N2COc3ccncc3C2)nc1.c1cnc2c(c1)CN(c1ccncc1)CO2.c1cnc2c(c1)OCN(c1ccncc1)C2.c1cncc(N2COc3cccnc3C2)c1.c1cncc(N2COc3ccncc3C2)c1. The Labute approximate surface area is 645 Å². The van der Waals surface area contributed by atoms with Gasteiger partial charge in [-0.15, -0.1) is 0 Å². The Kier molecular flexibility index (Phi) is 24.1. The molecule has 0 N–H and O–H groups in total. The van der Waals surface area contributed by atoms with Crippen LogP contribution in [0.4, 0.5) is 40.3 Å². The van der Waals surface area contributed by atoms with E-state index < -0.39 is 0 Å². The number of ether oxygens (including phenoxy) is 7. The molecule has 0 aromatic carbocycles. The van der Waals surface area contributed by atoms with E-state index in [1.165, 1.54) is 0 Å². The summed E-state index contributed by atoms with van der Waals surface area (Å²) in [6.07, 6.45) is 42.6. The Morgan fingerprint density at radius 2 is 0.491 bits per heavy atom. The normalized spacial score (nSPS) is 14.1. The molecule has 0 atom stereocenters. The van der Waals surface area contributed by atoms with Crippen molar-refractivity contribution in [1.29, 1.82) is 0 Å². The van der Waals surface area contributed by atoms with Crippen LogP contribution in [0, 0.1) is 0 Å². The second kappa shape index (κ2) is 37.1. The molecule has 14 aromatic rings. The van der Waals surface area contributed by atoms with Crippen LogP contribution in [0.25, 0.3) is 0 Å². The van der Waals surface area contributed by atoms with Gasteiger partial charge in [0.1, 0.15) is 51.6 Å². The van der Waals surface area contributed by atoms with Gasteiger partial charge in [-0.05, 0) is 133 Å². The first-order chi connectivity index (χ1) is 55.5. The van der Waals surface area contributed by atoms with Gasteiger partial charge >= 0.3 is 0 Å². The van der Waals surface area contributed by atoms with Crippen molar-refractivity contribution in [3.8, 4) is 40.4 Å². The van der Waals surface area contributed by atoms with Crippen molar-refractivity contribution in [2.45, 2.75) is 45.8 Å². The van der Waals surface area contributed by atoms with Gasteiger partial charge in [0.15, 0.2) is 47.1 Å². The highest BCUT2D eigenvalue weighted by molar-refractivity contribution is 5.52. The zero-order valence-corrected chi connectivity index (χ0v) is 60.7. The highest BCUT2D eigenvalue weighted by atomic mass is 16.5. The van der Waals surface area contributed by atoms with Crippen LogP contribution in [0.15, 0.2) is 288 Å². The lowest BCUT2D eigenvalue weighted by Crippen LogP contribution is -2.33. The number of nitrogens with zero attached hydrogens (tertiary/aromatic N) is 23. The molecule has 0 spiro atoms. The summed E-state index contributed by atoms with van der Waals surface area (Å²) in [5.41, 5.74) is 12.7. The molecule has 0 saturated heterocycles. The fourth-order valence-corrected chi connectivity index (χ4v) is 12.2. The monoisotopic (exact) mass is 1490 g/mol. The molecular weight excluding hydrogens is 1420 g/mol. The van der Waals surface area contributed by atoms with Gasteiger partial charge in [0, 0.05) is 176 Å². The quantitative estimate of drug-likeness (QED) is 0.143. The van der Waals surface area contributed by atoms with Gasteiger partial charge in [-0.3, -0.25) is 54.8 Å². The molecule has 14 aromatic heterocycles. The number of aromatic nitrogens is 16. The molecule has 0 fully saturated rings. The molecule has 0 radical (unpaired) electrons. The van der Waals surface area contributed by atoms with Gasteiger partial charge in [-0.2, -0.15) is 0 Å². The average molecular weight is 1490 g/mol. The molecule has 21 heterocycles. The summed E-state index contributed by atoms with van der Waals surface area (Å²) in [5, 5.41) is 0. The molecule has 0 amide bonds. The van der Waals surface area contributed by atoms with Gasteiger partial charge in [0.25, 0.3) is 0 Å². The second-order valence-electron chi connectivity index (χ2n) is 25.2. The first-order valence-corrected chi connectivity index (χ1v) is 35.8. The first-order valence-electron chi connectivity index (χ1n) is 35.8. The summed E-state index contributed by atoms with van der Waals surface area (Å²) in [4.78, 5) is 80.9. The molecule has 0 bridgehead atoms. The Morgan fingerprint density at radius 1 is 0.196 bits per heavy atom. The smallest absolute Gasteiger partial charge is 0.228 e. The third kappa shape index (κ3) is 19.3. The number of rotatable bonds is 7. The predicted molar refractivity (Wildman–Crippen MR) is 417 cm³/mol. The first kappa shape index (κ1) is 72.7. The van der Waals surface area contributed by atoms with Crippen molar-refractivity contribution in [3.05, 3.63) is 328 Å². The van der Waals surface area contributed by atoms with Crippen molar-refractivity contribution in [1.82, 2.24) is 79.7 Å². The van der Waals surface area contributed by atoms with Gasteiger partial charge in [-0.1, -0.05) is 6.07 Å². The number of anilines is 7. The summed E-state index contributed by atoms with van der Waals surface area (Å²) in [6, 6.07) is 44.4. The minimum atomic E-state index is 0.461. The molecule has 560 valence electrons. The largest absolute Gasteiger partial charge is 0.473 e. The van der Waals surface area contributed by atoms with E-state index in [1.807, 2.05) is 168 Å². The highest BCUT2D eigenvalue weighted by Gasteiger charge is 2.25. The molecule has 7 aliphatic rings. The van der Waals surface area contributed by atoms with Crippen LogP contribution in [0.1, 0.15) is 39.3 Å². The van der Waals surface area contributed by atoms with Crippen molar-refractivity contribution < 1.29 is 33.2 Å². The highest BCUT2D eigenvalue weighted by Crippen LogP contribution is 2.33. The summed E-state index contributed by atoms with van der Waals surface area (Å²) in [5.74, 6) is 7.44. The molecule has 0 unspecified atom stereocenters. The standard InChI is InChI=1S/5C12H11N3O.2C11H10N4O/c1-4-13-5-2-11(1)15-8-10-7-14-6-3-12(10)16-9-15;1-3-10(7-13-5-1)15-8-11-12(16-9-15)4-2-6-14-11;1-2-12-11(14-5-1)8-15(9-16-12)10-3-6-13-7-4-10;1-2-10-8-15(9-16-12(10)14-5-1)11-3-6-13-7-4-11;1-2-11(7-13-4-1)15-8-10-6-14-5-3-12(10)16-9-15;1-3-13-11(14-4-1)15-7-9-6-12-5-2-10(9)16-8-15;1-3-10-9(12-4-1)7-15(8-16-10)11-13-5-2-6-14-11/h5*1-7H,8-9H2;2*1-6H,7-8H2. The van der Waals surface area contributed by atoms with Crippen LogP contribution >= 0.6 is 0 Å². The maximum Gasteiger partial charge on any atom is 0.228 e. The van der Waals surface area contributed by atoms with E-state index in [1.54, 1.807) is 130 Å². The third-order valence-electron chi connectivity index (χ3n) is 17.8. The van der Waals surface area contributed by atoms with Gasteiger partial charge in [0.05, 0.1) is 69.6 Å². The lowest BCUT2D eigenvalue weighted by Gasteiger charge is -2.30. The minimum Gasteiger partial charge on any atom is -0.473 e. The lowest BCUT2D eigenvalue weighted by atomic mass is 10.2. The molecule has 30 heteroatoms. The van der Waals surface area contributed by atoms with Crippen molar-refractivity contribution in [2.75, 3.05) is 81.4 Å². The van der Waals surface area contributed by atoms with Gasteiger partial charge < -0.3 is 67.5 Å². The zero-order valence-electron chi connectivity index (χ0n) is 60.7. The summed E-state index contributed by atoms with van der Waals surface area (Å²) < 4.78 is 39.3. The molecule has 0 saturated carbocycles. The van der Waals surface area contributed by atoms with Crippen molar-refractivity contribution >= 4 is 40.3 Å². The van der Waals surface area contributed by atoms with E-state index in [0.29, 0.717) is 65.6 Å². The molecule has 21 rings (SSSR count). The number of hydrogen-bond donors (Lipinski definition) is 0. The van der Waals surface area contributed by atoms with Crippen molar-refractivity contribution in [3.63, 3.8) is 0 Å². The maximum atomic E-state index is 5.66. The Hall–Kier alpha value is -14.8. The van der Waals surface area contributed by atoms with E-state index in [0.717, 1.165) is 147 Å². The van der Waals surface area contributed by atoms with E-state index >= 15 is 0 Å². The number of fused-ring (bicyclic) bond motifs is 7. The number of hydrogen-bond acceptors (Lipinski definition) is 30. The molecule has 30 nitrogen and oxygen atoms in total. The predicted octanol–water partition coefficient (Wildman–Crippen LogP) is 11.6. The van der Waals surface area contributed by atoms with Crippen LogP contribution in [0.5, 0.6) is 40.4 Å². The lowest BCUT2D eigenvalue weighted by molar-refractivity contribution is 0.277. The van der Waals surface area contributed by atoms with E-state index in [-0.39, 0.29) is 0 Å².